The maximum Gasteiger partial charge on any atom is 0.336 e. The molecule has 88 valence electrons. The molecule has 2 rings (SSSR count). The van der Waals surface area contributed by atoms with Crippen molar-refractivity contribution in [3.63, 3.8) is 0 Å². The van der Waals surface area contributed by atoms with Crippen LogP contribution in [0, 0.1) is 0 Å². The van der Waals surface area contributed by atoms with Gasteiger partial charge in [-0.15, -0.1) is 0 Å². The van der Waals surface area contributed by atoms with Gasteiger partial charge >= 0.3 is 5.97 Å². The number of ether oxygens (including phenoxy) is 2. The molecular weight excluding hydrogens is 224 g/mol. The number of allylic oxidation sites excluding steroid dienone is 1. The molecule has 0 heterocycles. The van der Waals surface area contributed by atoms with Gasteiger partial charge in [0.05, 0.1) is 25.3 Å². The maximum atomic E-state index is 11.7. The highest BCUT2D eigenvalue weighted by molar-refractivity contribution is 6.18. The van der Waals surface area contributed by atoms with Gasteiger partial charge in [-0.3, -0.25) is 4.79 Å². The molecule has 0 spiro atoms. The molecule has 1 aliphatic rings. The zero-order chi connectivity index (χ0) is 12.6. The highest BCUT2D eigenvalue weighted by Crippen LogP contribution is 2.39. The summed E-state index contributed by atoms with van der Waals surface area (Å²) in [5.74, 6) is -0.886. The molecule has 1 aromatic carbocycles. The molecule has 0 radical (unpaired) electrons. The van der Waals surface area contributed by atoms with Gasteiger partial charge in [0.2, 0.25) is 0 Å². The molecule has 0 fully saturated rings. The maximum absolute atomic E-state index is 11.7. The molecule has 17 heavy (non-hydrogen) atoms. The quantitative estimate of drug-likeness (QED) is 0.860. The van der Waals surface area contributed by atoms with Crippen molar-refractivity contribution < 1.29 is 24.2 Å². The van der Waals surface area contributed by atoms with Crippen molar-refractivity contribution in [2.75, 3.05) is 14.2 Å². The third-order valence-corrected chi connectivity index (χ3v) is 2.59. The zero-order valence-corrected chi connectivity index (χ0v) is 9.31. The molecule has 0 aromatic heterocycles. The molecule has 0 bridgehead atoms. The van der Waals surface area contributed by atoms with E-state index in [4.69, 9.17) is 14.6 Å². The van der Waals surface area contributed by atoms with Crippen molar-refractivity contribution in [1.82, 2.24) is 0 Å². The van der Waals surface area contributed by atoms with E-state index in [1.54, 1.807) is 0 Å². The summed E-state index contributed by atoms with van der Waals surface area (Å²) in [5, 5.41) is 9.08. The fraction of sp³-hybridized carbons (Fsp3) is 0.167. The van der Waals surface area contributed by atoms with Gasteiger partial charge in [0.25, 0.3) is 0 Å². The van der Waals surface area contributed by atoms with Crippen molar-refractivity contribution in [2.24, 2.45) is 0 Å². The van der Waals surface area contributed by atoms with E-state index in [-0.39, 0.29) is 28.4 Å². The van der Waals surface area contributed by atoms with Crippen LogP contribution in [0.15, 0.2) is 12.1 Å². The fourth-order valence-electron chi connectivity index (χ4n) is 1.85. The molecular formula is C12H10O5. The number of carboxylic acid groups (broad SMARTS) is 1. The van der Waals surface area contributed by atoms with Crippen molar-refractivity contribution >= 4 is 17.8 Å². The number of hydrogen-bond acceptors (Lipinski definition) is 4. The molecule has 1 aromatic rings. The lowest BCUT2D eigenvalue weighted by molar-refractivity contribution is 0.0696. The average Bonchev–Trinajstić information content (AvgIpc) is 2.69. The number of hydrogen-bond donors (Lipinski definition) is 1. The van der Waals surface area contributed by atoms with Crippen LogP contribution in [0.25, 0.3) is 6.08 Å². The molecule has 0 saturated carbocycles. The highest BCUT2D eigenvalue weighted by Gasteiger charge is 2.28. The summed E-state index contributed by atoms with van der Waals surface area (Å²) in [4.78, 5) is 22.8. The van der Waals surface area contributed by atoms with E-state index in [0.29, 0.717) is 5.56 Å². The van der Waals surface area contributed by atoms with E-state index in [2.05, 4.69) is 0 Å². The Balaban J connectivity index is 2.80. The van der Waals surface area contributed by atoms with E-state index in [1.807, 2.05) is 0 Å². The smallest absolute Gasteiger partial charge is 0.336 e. The van der Waals surface area contributed by atoms with E-state index in [9.17, 15) is 9.59 Å². The van der Waals surface area contributed by atoms with E-state index >= 15 is 0 Å². The third-order valence-electron chi connectivity index (χ3n) is 2.59. The Kier molecular flexibility index (Phi) is 2.59. The number of aromatic carboxylic acids is 1. The Morgan fingerprint density at radius 2 is 1.94 bits per heavy atom. The topological polar surface area (TPSA) is 72.8 Å². The SMILES string of the molecule is COc1cc(C(=O)O)c2c(c1OC)C(=O)C=C2. The van der Waals surface area contributed by atoms with Crippen LogP contribution < -0.4 is 9.47 Å². The first-order valence-corrected chi connectivity index (χ1v) is 4.84. The van der Waals surface area contributed by atoms with Crippen LogP contribution in [0.1, 0.15) is 26.3 Å². The lowest BCUT2D eigenvalue weighted by atomic mass is 10.0. The Labute approximate surface area is 97.3 Å². The first kappa shape index (κ1) is 11.2. The first-order chi connectivity index (χ1) is 8.10. The molecule has 1 N–H and O–H groups in total. The average molecular weight is 234 g/mol. The molecule has 5 heteroatoms. The van der Waals surface area contributed by atoms with Crippen molar-refractivity contribution in [2.45, 2.75) is 0 Å². The standard InChI is InChI=1S/C12H10O5/c1-16-9-5-7(12(14)15)6-3-4-8(13)10(6)11(9)17-2/h3-5H,1-2H3,(H,14,15). The van der Waals surface area contributed by atoms with Crippen LogP contribution in [0.2, 0.25) is 0 Å². The minimum absolute atomic E-state index is 0.0275. The predicted molar refractivity (Wildman–Crippen MR) is 59.9 cm³/mol. The molecule has 0 aliphatic heterocycles. The summed E-state index contributed by atoms with van der Waals surface area (Å²) < 4.78 is 10.1. The number of fused-ring (bicyclic) bond motifs is 1. The van der Waals surface area contributed by atoms with Crippen LogP contribution in [-0.4, -0.2) is 31.1 Å². The van der Waals surface area contributed by atoms with Crippen LogP contribution >= 0.6 is 0 Å². The van der Waals surface area contributed by atoms with Crippen LogP contribution in [-0.2, 0) is 0 Å². The fourth-order valence-corrected chi connectivity index (χ4v) is 1.85. The summed E-state index contributed by atoms with van der Waals surface area (Å²) in [6.07, 6.45) is 2.79. The van der Waals surface area contributed by atoms with Gasteiger partial charge < -0.3 is 14.6 Å². The van der Waals surface area contributed by atoms with Gasteiger partial charge in [0, 0.05) is 5.56 Å². The molecule has 0 saturated heterocycles. The Morgan fingerprint density at radius 3 is 2.47 bits per heavy atom. The lowest BCUT2D eigenvalue weighted by Crippen LogP contribution is -2.07. The molecule has 0 amide bonds. The number of rotatable bonds is 3. The summed E-state index contributed by atoms with van der Waals surface area (Å²) in [6.45, 7) is 0. The summed E-state index contributed by atoms with van der Waals surface area (Å²) >= 11 is 0. The van der Waals surface area contributed by atoms with Crippen molar-refractivity contribution in [3.8, 4) is 11.5 Å². The molecule has 0 unspecified atom stereocenters. The molecule has 1 aliphatic carbocycles. The summed E-state index contributed by atoms with van der Waals surface area (Å²) in [6, 6.07) is 1.35. The van der Waals surface area contributed by atoms with Crippen LogP contribution in [0.5, 0.6) is 11.5 Å². The van der Waals surface area contributed by atoms with Gasteiger partial charge in [0.15, 0.2) is 17.3 Å². The normalized spacial score (nSPS) is 12.5. The van der Waals surface area contributed by atoms with Crippen LogP contribution in [0.4, 0.5) is 0 Å². The van der Waals surface area contributed by atoms with Gasteiger partial charge in [0.1, 0.15) is 0 Å². The van der Waals surface area contributed by atoms with Gasteiger partial charge in [-0.2, -0.15) is 0 Å². The predicted octanol–water partition coefficient (Wildman–Crippen LogP) is 1.61. The lowest BCUT2D eigenvalue weighted by Gasteiger charge is -2.13. The first-order valence-electron chi connectivity index (χ1n) is 4.84. The minimum Gasteiger partial charge on any atom is -0.493 e. The Morgan fingerprint density at radius 1 is 1.24 bits per heavy atom. The zero-order valence-electron chi connectivity index (χ0n) is 9.31. The van der Waals surface area contributed by atoms with Crippen molar-refractivity contribution in [3.05, 3.63) is 28.8 Å². The number of carbonyl (C=O) groups excluding carboxylic acids is 1. The number of carbonyl (C=O) groups is 2. The largest absolute Gasteiger partial charge is 0.493 e. The molecule has 0 atom stereocenters. The number of ketones is 1. The minimum atomic E-state index is -1.11. The van der Waals surface area contributed by atoms with Crippen LogP contribution in [0.3, 0.4) is 0 Å². The Bertz CT molecular complexity index is 542. The number of carboxylic acids is 1. The summed E-state index contributed by atoms with van der Waals surface area (Å²) in [5.41, 5.74) is 0.629. The highest BCUT2D eigenvalue weighted by atomic mass is 16.5. The van der Waals surface area contributed by atoms with Gasteiger partial charge in [-0.05, 0) is 18.2 Å². The number of benzene rings is 1. The monoisotopic (exact) mass is 234 g/mol. The van der Waals surface area contributed by atoms with E-state index in [0.717, 1.165) is 0 Å². The molecule has 5 nitrogen and oxygen atoms in total. The second-order valence-electron chi connectivity index (χ2n) is 3.45. The van der Waals surface area contributed by atoms with Crippen molar-refractivity contribution in [1.29, 1.82) is 0 Å². The van der Waals surface area contributed by atoms with Gasteiger partial charge in [-0.25, -0.2) is 4.79 Å². The summed E-state index contributed by atoms with van der Waals surface area (Å²) in [7, 11) is 2.80. The second kappa shape index (κ2) is 3.93. The second-order valence-corrected chi connectivity index (χ2v) is 3.45. The Hall–Kier alpha value is -2.30. The van der Waals surface area contributed by atoms with E-state index in [1.165, 1.54) is 32.4 Å². The number of methoxy groups -OCH3 is 2. The van der Waals surface area contributed by atoms with E-state index < -0.39 is 5.97 Å². The van der Waals surface area contributed by atoms with Gasteiger partial charge in [-0.1, -0.05) is 0 Å². The third kappa shape index (κ3) is 1.56.